The minimum atomic E-state index is -0.389. The summed E-state index contributed by atoms with van der Waals surface area (Å²) in [5, 5.41) is 11.8. The number of nitrogens with two attached hydrogens (primary N) is 1. The Hall–Kier alpha value is -1.60. The maximum atomic E-state index is 13.0. The summed E-state index contributed by atoms with van der Waals surface area (Å²) >= 11 is 0. The standard InChI is InChI=1S/C11H12FN3/c12-8-1-7(6-13)2-10(3-8)15-11-4-9(14)5-11/h1-3,9,11,15H,4-5,14H2. The number of halogens is 1. The molecule has 1 aliphatic rings. The van der Waals surface area contributed by atoms with E-state index in [0.29, 0.717) is 17.3 Å². The molecule has 0 amide bonds. The first-order valence-electron chi connectivity index (χ1n) is 4.90. The minimum Gasteiger partial charge on any atom is -0.382 e. The molecular formula is C11H12FN3. The Labute approximate surface area is 87.7 Å². The third-order valence-corrected chi connectivity index (χ3v) is 2.57. The molecule has 1 saturated carbocycles. The largest absolute Gasteiger partial charge is 0.382 e. The van der Waals surface area contributed by atoms with E-state index >= 15 is 0 Å². The van der Waals surface area contributed by atoms with Gasteiger partial charge in [-0.3, -0.25) is 0 Å². The van der Waals surface area contributed by atoms with Gasteiger partial charge in [-0.2, -0.15) is 5.26 Å². The van der Waals surface area contributed by atoms with Crippen molar-refractivity contribution in [2.45, 2.75) is 24.9 Å². The van der Waals surface area contributed by atoms with Crippen LogP contribution in [-0.2, 0) is 0 Å². The van der Waals surface area contributed by atoms with Crippen LogP contribution in [0.2, 0.25) is 0 Å². The van der Waals surface area contributed by atoms with Gasteiger partial charge < -0.3 is 11.1 Å². The lowest BCUT2D eigenvalue weighted by Crippen LogP contribution is -2.44. The highest BCUT2D eigenvalue weighted by Crippen LogP contribution is 2.23. The van der Waals surface area contributed by atoms with Gasteiger partial charge in [-0.1, -0.05) is 0 Å². The monoisotopic (exact) mass is 205 g/mol. The molecule has 15 heavy (non-hydrogen) atoms. The van der Waals surface area contributed by atoms with Gasteiger partial charge in [0.25, 0.3) is 0 Å². The van der Waals surface area contributed by atoms with Crippen LogP contribution in [0.1, 0.15) is 18.4 Å². The fourth-order valence-electron chi connectivity index (χ4n) is 1.75. The van der Waals surface area contributed by atoms with Crippen LogP contribution in [0.25, 0.3) is 0 Å². The van der Waals surface area contributed by atoms with Crippen LogP contribution in [-0.4, -0.2) is 12.1 Å². The van der Waals surface area contributed by atoms with Crippen molar-refractivity contribution in [1.82, 2.24) is 0 Å². The molecule has 1 fully saturated rings. The normalized spacial score (nSPS) is 24.1. The summed E-state index contributed by atoms with van der Waals surface area (Å²) in [5.41, 5.74) is 6.63. The zero-order valence-corrected chi connectivity index (χ0v) is 8.20. The second-order valence-corrected chi connectivity index (χ2v) is 3.91. The molecule has 1 aromatic carbocycles. The molecular weight excluding hydrogens is 193 g/mol. The van der Waals surface area contributed by atoms with Crippen LogP contribution in [0.4, 0.5) is 10.1 Å². The summed E-state index contributed by atoms with van der Waals surface area (Å²) in [4.78, 5) is 0. The van der Waals surface area contributed by atoms with Crippen LogP contribution in [0.5, 0.6) is 0 Å². The Morgan fingerprint density at radius 1 is 1.40 bits per heavy atom. The zero-order chi connectivity index (χ0) is 10.8. The van der Waals surface area contributed by atoms with Gasteiger partial charge >= 0.3 is 0 Å². The molecule has 78 valence electrons. The van der Waals surface area contributed by atoms with Gasteiger partial charge in [0.05, 0.1) is 11.6 Å². The maximum absolute atomic E-state index is 13.0. The summed E-state index contributed by atoms with van der Waals surface area (Å²) in [5.74, 6) is -0.389. The molecule has 4 heteroatoms. The first kappa shape index (κ1) is 9.94. The fourth-order valence-corrected chi connectivity index (χ4v) is 1.75. The van der Waals surface area contributed by atoms with E-state index in [2.05, 4.69) is 5.32 Å². The molecule has 0 atom stereocenters. The quantitative estimate of drug-likeness (QED) is 0.770. The lowest BCUT2D eigenvalue weighted by Gasteiger charge is -2.33. The van der Waals surface area contributed by atoms with Gasteiger partial charge in [-0.15, -0.1) is 0 Å². The molecule has 1 aliphatic carbocycles. The Balaban J connectivity index is 2.08. The molecule has 0 aliphatic heterocycles. The fraction of sp³-hybridized carbons (Fsp3) is 0.364. The van der Waals surface area contributed by atoms with Crippen LogP contribution in [0.3, 0.4) is 0 Å². The van der Waals surface area contributed by atoms with E-state index in [0.717, 1.165) is 12.8 Å². The van der Waals surface area contributed by atoms with Gasteiger partial charge in [0, 0.05) is 17.8 Å². The number of benzene rings is 1. The van der Waals surface area contributed by atoms with Crippen LogP contribution in [0.15, 0.2) is 18.2 Å². The van der Waals surface area contributed by atoms with E-state index in [1.807, 2.05) is 6.07 Å². The van der Waals surface area contributed by atoms with Crippen LogP contribution < -0.4 is 11.1 Å². The highest BCUT2D eigenvalue weighted by molar-refractivity contribution is 5.50. The van der Waals surface area contributed by atoms with Crippen LogP contribution >= 0.6 is 0 Å². The number of nitrogens with one attached hydrogen (secondary N) is 1. The van der Waals surface area contributed by atoms with Gasteiger partial charge in [-0.25, -0.2) is 4.39 Å². The third-order valence-electron chi connectivity index (χ3n) is 2.57. The van der Waals surface area contributed by atoms with E-state index in [9.17, 15) is 4.39 Å². The molecule has 2 rings (SSSR count). The summed E-state index contributed by atoms with van der Waals surface area (Å²) in [6.07, 6.45) is 1.80. The average Bonchev–Trinajstić information content (AvgIpc) is 2.14. The second-order valence-electron chi connectivity index (χ2n) is 3.91. The third kappa shape index (κ3) is 2.25. The smallest absolute Gasteiger partial charge is 0.126 e. The van der Waals surface area contributed by atoms with Crippen molar-refractivity contribution < 1.29 is 4.39 Å². The number of rotatable bonds is 2. The number of hydrogen-bond donors (Lipinski definition) is 2. The van der Waals surface area contributed by atoms with Crippen LogP contribution in [0, 0.1) is 17.1 Å². The first-order valence-corrected chi connectivity index (χ1v) is 4.90. The molecule has 0 bridgehead atoms. The van der Waals surface area contributed by atoms with Crippen molar-refractivity contribution in [2.24, 2.45) is 5.73 Å². The Kier molecular flexibility index (Phi) is 2.57. The van der Waals surface area contributed by atoms with E-state index in [1.54, 1.807) is 6.07 Å². The number of nitrogens with zero attached hydrogens (tertiary/aromatic N) is 1. The van der Waals surface area contributed by atoms with Gasteiger partial charge in [0.1, 0.15) is 5.82 Å². The van der Waals surface area contributed by atoms with Crippen molar-refractivity contribution >= 4 is 5.69 Å². The lowest BCUT2D eigenvalue weighted by atomic mass is 9.87. The first-order chi connectivity index (χ1) is 7.17. The Morgan fingerprint density at radius 3 is 2.73 bits per heavy atom. The predicted octanol–water partition coefficient (Wildman–Crippen LogP) is 1.60. The molecule has 0 saturated heterocycles. The van der Waals surface area contributed by atoms with Crippen molar-refractivity contribution in [1.29, 1.82) is 5.26 Å². The van der Waals surface area contributed by atoms with Gasteiger partial charge in [0.15, 0.2) is 0 Å². The van der Waals surface area contributed by atoms with E-state index in [4.69, 9.17) is 11.0 Å². The topological polar surface area (TPSA) is 61.8 Å². The summed E-state index contributed by atoms with van der Waals surface area (Å²) in [6.45, 7) is 0. The van der Waals surface area contributed by atoms with Gasteiger partial charge in [0.2, 0.25) is 0 Å². The molecule has 3 nitrogen and oxygen atoms in total. The average molecular weight is 205 g/mol. The maximum Gasteiger partial charge on any atom is 0.126 e. The van der Waals surface area contributed by atoms with E-state index in [-0.39, 0.29) is 11.9 Å². The zero-order valence-electron chi connectivity index (χ0n) is 8.20. The molecule has 1 aromatic rings. The Morgan fingerprint density at radius 2 is 2.13 bits per heavy atom. The molecule has 0 radical (unpaired) electrons. The SMILES string of the molecule is N#Cc1cc(F)cc(NC2CC(N)C2)c1. The number of anilines is 1. The number of hydrogen-bond acceptors (Lipinski definition) is 3. The van der Waals surface area contributed by atoms with Crippen molar-refractivity contribution in [3.63, 3.8) is 0 Å². The summed E-state index contributed by atoms with van der Waals surface area (Å²) in [6, 6.07) is 6.75. The predicted molar refractivity (Wildman–Crippen MR) is 55.7 cm³/mol. The highest BCUT2D eigenvalue weighted by atomic mass is 19.1. The molecule has 0 aromatic heterocycles. The molecule has 3 N–H and O–H groups in total. The molecule has 0 heterocycles. The minimum absolute atomic E-state index is 0.256. The highest BCUT2D eigenvalue weighted by Gasteiger charge is 2.25. The molecule has 0 unspecified atom stereocenters. The Bertz CT molecular complexity index is 405. The second kappa shape index (κ2) is 3.87. The number of nitriles is 1. The van der Waals surface area contributed by atoms with E-state index in [1.165, 1.54) is 12.1 Å². The van der Waals surface area contributed by atoms with Gasteiger partial charge in [-0.05, 0) is 31.0 Å². The van der Waals surface area contributed by atoms with E-state index < -0.39 is 0 Å². The molecule has 0 spiro atoms. The summed E-state index contributed by atoms with van der Waals surface area (Å²) < 4.78 is 13.0. The van der Waals surface area contributed by atoms with Crippen molar-refractivity contribution in [2.75, 3.05) is 5.32 Å². The summed E-state index contributed by atoms with van der Waals surface area (Å²) in [7, 11) is 0. The van der Waals surface area contributed by atoms with Crippen molar-refractivity contribution in [3.8, 4) is 6.07 Å². The van der Waals surface area contributed by atoms with Crippen molar-refractivity contribution in [3.05, 3.63) is 29.6 Å². The lowest BCUT2D eigenvalue weighted by molar-refractivity contribution is 0.373.